The van der Waals surface area contributed by atoms with Gasteiger partial charge in [0.2, 0.25) is 0 Å². The Hall–Kier alpha value is -0.420. The standard InChI is InChI=1S/C7H17N3O/c1-2-5-10(11,6-3-8)7-4-9/h2H,1,3-9H2. The van der Waals surface area contributed by atoms with Crippen LogP contribution < -0.4 is 11.5 Å². The van der Waals surface area contributed by atoms with E-state index in [9.17, 15) is 5.21 Å². The Kier molecular flexibility index (Phi) is 5.06. The second kappa shape index (κ2) is 5.26. The molecule has 0 aliphatic heterocycles. The van der Waals surface area contributed by atoms with Crippen LogP contribution in [0.2, 0.25) is 0 Å². The van der Waals surface area contributed by atoms with Crippen molar-refractivity contribution >= 4 is 0 Å². The Bertz CT molecular complexity index is 110. The van der Waals surface area contributed by atoms with Crippen molar-refractivity contribution < 1.29 is 4.65 Å². The average molecular weight is 159 g/mol. The maximum Gasteiger partial charge on any atom is 0.0969 e. The normalized spacial score (nSPS) is 11.5. The van der Waals surface area contributed by atoms with Gasteiger partial charge in [-0.3, -0.25) is 0 Å². The number of nitrogens with zero attached hydrogens (tertiary/aromatic N) is 1. The third-order valence-electron chi connectivity index (χ3n) is 1.54. The fraction of sp³-hybridized carbons (Fsp3) is 0.714. The molecule has 0 rings (SSSR count). The van der Waals surface area contributed by atoms with Crippen LogP contribution in [-0.2, 0) is 0 Å². The first-order valence-corrected chi connectivity index (χ1v) is 3.76. The molecule has 0 aromatic rings. The Morgan fingerprint density at radius 3 is 2.00 bits per heavy atom. The first-order valence-electron chi connectivity index (χ1n) is 3.76. The summed E-state index contributed by atoms with van der Waals surface area (Å²) in [5, 5.41) is 11.6. The second-order valence-corrected chi connectivity index (χ2v) is 2.55. The monoisotopic (exact) mass is 159 g/mol. The van der Waals surface area contributed by atoms with Gasteiger partial charge in [-0.2, -0.15) is 0 Å². The van der Waals surface area contributed by atoms with Crippen LogP contribution in [0.4, 0.5) is 0 Å². The fourth-order valence-corrected chi connectivity index (χ4v) is 1.00. The average Bonchev–Trinajstić information content (AvgIpc) is 1.88. The van der Waals surface area contributed by atoms with E-state index in [2.05, 4.69) is 6.58 Å². The van der Waals surface area contributed by atoms with Crippen molar-refractivity contribution in [1.82, 2.24) is 0 Å². The van der Waals surface area contributed by atoms with Crippen LogP contribution in [0, 0.1) is 5.21 Å². The molecule has 0 fully saturated rings. The molecule has 0 saturated carbocycles. The zero-order chi connectivity index (χ0) is 8.74. The predicted molar refractivity (Wildman–Crippen MR) is 46.5 cm³/mol. The Morgan fingerprint density at radius 1 is 1.27 bits per heavy atom. The quantitative estimate of drug-likeness (QED) is 0.309. The molecular formula is C7H17N3O. The zero-order valence-corrected chi connectivity index (χ0v) is 6.83. The number of nitrogens with two attached hydrogens (primary N) is 2. The highest BCUT2D eigenvalue weighted by Gasteiger charge is 2.11. The van der Waals surface area contributed by atoms with Gasteiger partial charge in [0.05, 0.1) is 19.6 Å². The van der Waals surface area contributed by atoms with Gasteiger partial charge in [-0.05, 0) is 6.08 Å². The van der Waals surface area contributed by atoms with Gasteiger partial charge in [0, 0.05) is 13.1 Å². The van der Waals surface area contributed by atoms with Gasteiger partial charge in [-0.25, -0.2) is 0 Å². The van der Waals surface area contributed by atoms with Crippen molar-refractivity contribution in [2.75, 3.05) is 32.7 Å². The minimum absolute atomic E-state index is 0.337. The van der Waals surface area contributed by atoms with Crippen LogP contribution >= 0.6 is 0 Å². The first-order chi connectivity index (χ1) is 5.18. The second-order valence-electron chi connectivity index (χ2n) is 2.55. The molecule has 66 valence electrons. The Morgan fingerprint density at radius 2 is 1.73 bits per heavy atom. The molecule has 0 unspecified atom stereocenters. The van der Waals surface area contributed by atoms with Gasteiger partial charge in [0.25, 0.3) is 0 Å². The maximum atomic E-state index is 11.6. The Labute approximate surface area is 67.6 Å². The van der Waals surface area contributed by atoms with Crippen LogP contribution in [0.15, 0.2) is 12.7 Å². The highest BCUT2D eigenvalue weighted by atomic mass is 16.5. The van der Waals surface area contributed by atoms with E-state index in [0.717, 1.165) is 0 Å². The molecule has 0 heterocycles. The summed E-state index contributed by atoms with van der Waals surface area (Å²) in [4.78, 5) is 0. The highest BCUT2D eigenvalue weighted by molar-refractivity contribution is 4.66. The zero-order valence-electron chi connectivity index (χ0n) is 6.83. The molecule has 4 N–H and O–H groups in total. The van der Waals surface area contributed by atoms with E-state index >= 15 is 0 Å². The molecular weight excluding hydrogens is 142 g/mol. The molecule has 0 spiro atoms. The largest absolute Gasteiger partial charge is 0.632 e. The van der Waals surface area contributed by atoms with Crippen LogP contribution in [0.5, 0.6) is 0 Å². The number of quaternary nitrogens is 1. The molecule has 0 aromatic heterocycles. The number of rotatable bonds is 6. The summed E-state index contributed by atoms with van der Waals surface area (Å²) in [5.74, 6) is 0. The third-order valence-corrected chi connectivity index (χ3v) is 1.54. The van der Waals surface area contributed by atoms with E-state index < -0.39 is 0 Å². The molecule has 0 amide bonds. The fourth-order valence-electron chi connectivity index (χ4n) is 1.00. The lowest BCUT2D eigenvalue weighted by atomic mass is 10.4. The van der Waals surface area contributed by atoms with Gasteiger partial charge >= 0.3 is 0 Å². The summed E-state index contributed by atoms with van der Waals surface area (Å²) in [6, 6.07) is 0. The summed E-state index contributed by atoms with van der Waals surface area (Å²) in [6.45, 7) is 5.55. The van der Waals surface area contributed by atoms with Crippen molar-refractivity contribution in [3.63, 3.8) is 0 Å². The van der Waals surface area contributed by atoms with Gasteiger partial charge < -0.3 is 21.3 Å². The summed E-state index contributed by atoms with van der Waals surface area (Å²) in [7, 11) is 0. The topological polar surface area (TPSA) is 75.1 Å². The van der Waals surface area contributed by atoms with E-state index in [1.807, 2.05) is 0 Å². The number of hydrogen-bond donors (Lipinski definition) is 2. The highest BCUT2D eigenvalue weighted by Crippen LogP contribution is 2.01. The smallest absolute Gasteiger partial charge is 0.0969 e. The maximum absolute atomic E-state index is 11.6. The Balaban J connectivity index is 3.88. The van der Waals surface area contributed by atoms with Crippen molar-refractivity contribution in [1.29, 1.82) is 0 Å². The summed E-state index contributed by atoms with van der Waals surface area (Å²) in [6.07, 6.45) is 1.61. The lowest BCUT2D eigenvalue weighted by Gasteiger charge is -2.41. The molecule has 0 aliphatic carbocycles. The van der Waals surface area contributed by atoms with E-state index in [1.165, 1.54) is 0 Å². The molecule has 0 aromatic carbocycles. The van der Waals surface area contributed by atoms with Gasteiger partial charge in [-0.15, -0.1) is 0 Å². The first kappa shape index (κ1) is 10.6. The SMILES string of the molecule is C=CC[N+]([O-])(CCN)CCN. The predicted octanol–water partition coefficient (Wildman–Crippen LogP) is -0.596. The van der Waals surface area contributed by atoms with Crippen LogP contribution in [0.1, 0.15) is 0 Å². The minimum Gasteiger partial charge on any atom is -0.632 e. The van der Waals surface area contributed by atoms with Gasteiger partial charge in [0.15, 0.2) is 0 Å². The molecule has 4 heteroatoms. The van der Waals surface area contributed by atoms with Crippen molar-refractivity contribution in [3.05, 3.63) is 17.9 Å². The van der Waals surface area contributed by atoms with Gasteiger partial charge in [-0.1, -0.05) is 6.58 Å². The molecule has 11 heavy (non-hydrogen) atoms. The third kappa shape index (κ3) is 4.10. The van der Waals surface area contributed by atoms with Crippen LogP contribution in [-0.4, -0.2) is 37.4 Å². The van der Waals surface area contributed by atoms with Crippen molar-refractivity contribution in [2.24, 2.45) is 11.5 Å². The van der Waals surface area contributed by atoms with Crippen LogP contribution in [0.3, 0.4) is 0 Å². The van der Waals surface area contributed by atoms with Crippen LogP contribution in [0.25, 0.3) is 0 Å². The summed E-state index contributed by atoms with van der Waals surface area (Å²) < 4.78 is -0.337. The van der Waals surface area contributed by atoms with E-state index in [1.54, 1.807) is 6.08 Å². The van der Waals surface area contributed by atoms with E-state index in [0.29, 0.717) is 32.7 Å². The molecule has 0 bridgehead atoms. The molecule has 0 radical (unpaired) electrons. The lowest BCUT2D eigenvalue weighted by Crippen LogP contribution is -2.48. The molecule has 0 atom stereocenters. The summed E-state index contributed by atoms with van der Waals surface area (Å²) >= 11 is 0. The lowest BCUT2D eigenvalue weighted by molar-refractivity contribution is -0.871. The van der Waals surface area contributed by atoms with Crippen molar-refractivity contribution in [3.8, 4) is 0 Å². The van der Waals surface area contributed by atoms with Crippen molar-refractivity contribution in [2.45, 2.75) is 0 Å². The number of hydrogen-bond acceptors (Lipinski definition) is 3. The van der Waals surface area contributed by atoms with Gasteiger partial charge in [0.1, 0.15) is 0 Å². The molecule has 0 aliphatic rings. The molecule has 4 nitrogen and oxygen atoms in total. The van der Waals surface area contributed by atoms with E-state index in [-0.39, 0.29) is 4.65 Å². The number of hydroxylamine groups is 3. The van der Waals surface area contributed by atoms with E-state index in [4.69, 9.17) is 11.5 Å². The minimum atomic E-state index is -0.337. The summed E-state index contributed by atoms with van der Waals surface area (Å²) in [5.41, 5.74) is 10.6. The molecule has 0 saturated heterocycles.